The third-order valence-corrected chi connectivity index (χ3v) is 5.75. The number of hydrogen-bond acceptors (Lipinski definition) is 4. The van der Waals surface area contributed by atoms with E-state index in [0.29, 0.717) is 36.6 Å². The molecule has 1 fully saturated rings. The smallest absolute Gasteiger partial charge is 0.255 e. The molecule has 3 heterocycles. The average molecular weight is 407 g/mol. The summed E-state index contributed by atoms with van der Waals surface area (Å²) in [4.78, 5) is 21.0. The highest BCUT2D eigenvalue weighted by atomic mass is 19.1. The molecule has 2 aromatic carbocycles. The van der Waals surface area contributed by atoms with E-state index in [2.05, 4.69) is 34.3 Å². The fourth-order valence-corrected chi connectivity index (χ4v) is 3.95. The molecular formula is C23H19F2N3O2. The van der Waals surface area contributed by atoms with Crippen molar-refractivity contribution >= 4 is 5.91 Å². The maximum atomic E-state index is 14.3. The van der Waals surface area contributed by atoms with Crippen LogP contribution in [0.5, 0.6) is 0 Å². The van der Waals surface area contributed by atoms with Crippen molar-refractivity contribution in [2.75, 3.05) is 13.2 Å². The fraction of sp³-hybridized carbons (Fsp3) is 0.261. The number of rotatable bonds is 4. The van der Waals surface area contributed by atoms with Gasteiger partial charge in [0.15, 0.2) is 5.82 Å². The number of benzene rings is 2. The van der Waals surface area contributed by atoms with Crippen LogP contribution in [0.15, 0.2) is 42.5 Å². The molecule has 0 spiro atoms. The molecule has 5 rings (SSSR count). The molecular weight excluding hydrogens is 388 g/mol. The number of carbonyl (C=O) groups excluding carboxylic acids is 1. The Morgan fingerprint density at radius 1 is 1.03 bits per heavy atom. The molecule has 1 saturated heterocycles. The standard InChI is InChI=1S/C23H19F2N3O2/c1-23(11-30-12-23)14-7-5-13(6-8-14)9-17-20-18(10-26-22(20)29)28-21(27-17)19-15(24)3-2-4-16(19)25/h2-8H,9-12H2,1H3,(H,26,29). The number of aromatic nitrogens is 2. The normalized spacial score (nSPS) is 16.7. The van der Waals surface area contributed by atoms with Gasteiger partial charge in [-0.25, -0.2) is 18.7 Å². The summed E-state index contributed by atoms with van der Waals surface area (Å²) in [5, 5.41) is 2.72. The molecule has 0 unspecified atom stereocenters. The van der Waals surface area contributed by atoms with Crippen molar-refractivity contribution in [2.45, 2.75) is 25.3 Å². The van der Waals surface area contributed by atoms with Gasteiger partial charge in [-0.1, -0.05) is 37.3 Å². The molecule has 0 radical (unpaired) electrons. The van der Waals surface area contributed by atoms with Crippen molar-refractivity contribution in [3.05, 3.63) is 82.2 Å². The first kappa shape index (κ1) is 18.8. The Balaban J connectivity index is 1.54. The molecule has 1 N–H and O–H groups in total. The lowest BCUT2D eigenvalue weighted by atomic mass is 9.80. The van der Waals surface area contributed by atoms with E-state index in [1.54, 1.807) is 0 Å². The quantitative estimate of drug-likeness (QED) is 0.719. The van der Waals surface area contributed by atoms with E-state index in [4.69, 9.17) is 4.74 Å². The minimum atomic E-state index is -0.738. The molecule has 30 heavy (non-hydrogen) atoms. The molecule has 2 aliphatic rings. The Labute approximate surface area is 172 Å². The summed E-state index contributed by atoms with van der Waals surface area (Å²) in [6, 6.07) is 11.7. The maximum Gasteiger partial charge on any atom is 0.255 e. The second-order valence-electron chi connectivity index (χ2n) is 8.02. The van der Waals surface area contributed by atoms with Gasteiger partial charge in [0, 0.05) is 11.8 Å². The molecule has 3 aromatic rings. The molecule has 0 aliphatic carbocycles. The van der Waals surface area contributed by atoms with Gasteiger partial charge in [0.2, 0.25) is 0 Å². The zero-order valence-corrected chi connectivity index (χ0v) is 16.3. The van der Waals surface area contributed by atoms with Crippen molar-refractivity contribution < 1.29 is 18.3 Å². The van der Waals surface area contributed by atoms with Crippen LogP contribution in [0.3, 0.4) is 0 Å². The van der Waals surface area contributed by atoms with Gasteiger partial charge in [0.25, 0.3) is 5.91 Å². The van der Waals surface area contributed by atoms with Gasteiger partial charge in [0.05, 0.1) is 42.3 Å². The zero-order chi connectivity index (χ0) is 20.9. The molecule has 152 valence electrons. The summed E-state index contributed by atoms with van der Waals surface area (Å²) in [5.74, 6) is -1.79. The Bertz CT molecular complexity index is 1140. The summed E-state index contributed by atoms with van der Waals surface area (Å²) in [7, 11) is 0. The van der Waals surface area contributed by atoms with E-state index in [0.717, 1.165) is 5.56 Å². The van der Waals surface area contributed by atoms with Crippen LogP contribution in [0.4, 0.5) is 8.78 Å². The van der Waals surface area contributed by atoms with Crippen LogP contribution < -0.4 is 5.32 Å². The zero-order valence-electron chi connectivity index (χ0n) is 16.3. The molecule has 1 amide bonds. The molecule has 2 aliphatic heterocycles. The minimum absolute atomic E-state index is 0.0319. The molecule has 7 heteroatoms. The van der Waals surface area contributed by atoms with Gasteiger partial charge in [-0.05, 0) is 23.3 Å². The van der Waals surface area contributed by atoms with Crippen molar-refractivity contribution in [1.29, 1.82) is 0 Å². The van der Waals surface area contributed by atoms with Crippen LogP contribution in [-0.4, -0.2) is 29.1 Å². The minimum Gasteiger partial charge on any atom is -0.379 e. The van der Waals surface area contributed by atoms with Crippen LogP contribution in [0, 0.1) is 11.6 Å². The van der Waals surface area contributed by atoms with Crippen molar-refractivity contribution in [2.24, 2.45) is 0 Å². The summed E-state index contributed by atoms with van der Waals surface area (Å²) in [6.45, 7) is 3.76. The summed E-state index contributed by atoms with van der Waals surface area (Å²) in [6.07, 6.45) is 0.356. The maximum absolute atomic E-state index is 14.3. The number of ether oxygens (including phenoxy) is 1. The van der Waals surface area contributed by atoms with E-state index in [9.17, 15) is 13.6 Å². The number of fused-ring (bicyclic) bond motifs is 1. The predicted molar refractivity (Wildman–Crippen MR) is 106 cm³/mol. The summed E-state index contributed by atoms with van der Waals surface area (Å²) >= 11 is 0. The third kappa shape index (κ3) is 3.06. The molecule has 5 nitrogen and oxygen atoms in total. The largest absolute Gasteiger partial charge is 0.379 e. The second-order valence-corrected chi connectivity index (χ2v) is 8.02. The van der Waals surface area contributed by atoms with Crippen molar-refractivity contribution in [3.63, 3.8) is 0 Å². The number of carbonyl (C=O) groups is 1. The third-order valence-electron chi connectivity index (χ3n) is 5.75. The first-order chi connectivity index (χ1) is 14.4. The average Bonchev–Trinajstić information content (AvgIpc) is 3.08. The Morgan fingerprint density at radius 2 is 1.73 bits per heavy atom. The summed E-state index contributed by atoms with van der Waals surface area (Å²) < 4.78 is 33.9. The monoisotopic (exact) mass is 407 g/mol. The van der Waals surface area contributed by atoms with Gasteiger partial charge in [-0.15, -0.1) is 0 Å². The Kier molecular flexibility index (Phi) is 4.36. The number of nitrogens with zero attached hydrogens (tertiary/aromatic N) is 2. The lowest BCUT2D eigenvalue weighted by Crippen LogP contribution is -2.43. The lowest BCUT2D eigenvalue weighted by Gasteiger charge is -2.38. The van der Waals surface area contributed by atoms with Gasteiger partial charge >= 0.3 is 0 Å². The lowest BCUT2D eigenvalue weighted by molar-refractivity contribution is -0.0500. The SMILES string of the molecule is CC1(c2ccc(Cc3nc(-c4c(F)cccc4F)nc4c3C(=O)NC4)cc2)COC1. The van der Waals surface area contributed by atoms with E-state index < -0.39 is 11.6 Å². The molecule has 0 bridgehead atoms. The van der Waals surface area contributed by atoms with E-state index in [1.165, 1.54) is 23.8 Å². The number of amides is 1. The topological polar surface area (TPSA) is 64.1 Å². The molecule has 0 atom stereocenters. The fourth-order valence-electron chi connectivity index (χ4n) is 3.95. The number of halogens is 2. The van der Waals surface area contributed by atoms with Gasteiger partial charge in [-0.3, -0.25) is 4.79 Å². The first-order valence-corrected chi connectivity index (χ1v) is 9.74. The molecule has 1 aromatic heterocycles. The predicted octanol–water partition coefficient (Wildman–Crippen LogP) is 3.54. The van der Waals surface area contributed by atoms with E-state index >= 15 is 0 Å². The van der Waals surface area contributed by atoms with E-state index in [1.807, 2.05) is 12.1 Å². The number of hydrogen-bond donors (Lipinski definition) is 1. The van der Waals surface area contributed by atoms with Crippen LogP contribution in [0.2, 0.25) is 0 Å². The van der Waals surface area contributed by atoms with E-state index in [-0.39, 0.29) is 29.3 Å². The Hall–Kier alpha value is -3.19. The highest BCUT2D eigenvalue weighted by Gasteiger charge is 2.35. The number of nitrogens with one attached hydrogen (secondary N) is 1. The van der Waals surface area contributed by atoms with Crippen LogP contribution in [-0.2, 0) is 23.1 Å². The highest BCUT2D eigenvalue weighted by Crippen LogP contribution is 2.32. The van der Waals surface area contributed by atoms with Crippen LogP contribution in [0.1, 0.15) is 39.8 Å². The van der Waals surface area contributed by atoms with Gasteiger partial charge in [-0.2, -0.15) is 0 Å². The highest BCUT2D eigenvalue weighted by molar-refractivity contribution is 5.99. The van der Waals surface area contributed by atoms with Crippen LogP contribution in [0.25, 0.3) is 11.4 Å². The summed E-state index contributed by atoms with van der Waals surface area (Å²) in [5.41, 5.74) is 3.19. The van der Waals surface area contributed by atoms with Gasteiger partial charge in [0.1, 0.15) is 11.6 Å². The second kappa shape index (κ2) is 6.95. The first-order valence-electron chi connectivity index (χ1n) is 9.74. The van der Waals surface area contributed by atoms with Crippen molar-refractivity contribution in [3.8, 4) is 11.4 Å². The Morgan fingerprint density at radius 3 is 2.37 bits per heavy atom. The van der Waals surface area contributed by atoms with Crippen LogP contribution >= 0.6 is 0 Å². The van der Waals surface area contributed by atoms with Gasteiger partial charge < -0.3 is 10.1 Å². The van der Waals surface area contributed by atoms with Crippen molar-refractivity contribution in [1.82, 2.24) is 15.3 Å². The molecule has 0 saturated carbocycles.